The Morgan fingerprint density at radius 2 is 1.81 bits per heavy atom. The summed E-state index contributed by atoms with van der Waals surface area (Å²) in [5, 5.41) is 12.8. The van der Waals surface area contributed by atoms with Crippen molar-refractivity contribution in [1.29, 1.82) is 0 Å². The van der Waals surface area contributed by atoms with E-state index in [0.29, 0.717) is 23.9 Å². The monoisotopic (exact) mass is 402 g/mol. The number of oxime groups is 1. The van der Waals surface area contributed by atoms with Crippen LogP contribution in [0.1, 0.15) is 11.1 Å². The van der Waals surface area contributed by atoms with Gasteiger partial charge in [-0.25, -0.2) is 9.37 Å². The molecule has 144 valence electrons. The predicted octanol–water partition coefficient (Wildman–Crippen LogP) is 3.85. The molecule has 2 heterocycles. The van der Waals surface area contributed by atoms with E-state index >= 15 is 0 Å². The lowest BCUT2D eigenvalue weighted by Gasteiger charge is -2.37. The summed E-state index contributed by atoms with van der Waals surface area (Å²) in [5.74, 6) is -0.997. The Labute approximate surface area is 157 Å². The van der Waals surface area contributed by atoms with Crippen LogP contribution in [-0.2, 0) is 6.18 Å². The number of piperazine rings is 1. The van der Waals surface area contributed by atoms with Crippen molar-refractivity contribution in [3.63, 3.8) is 0 Å². The molecule has 1 aliphatic heterocycles. The average molecular weight is 403 g/mol. The molecule has 0 amide bonds. The number of halogens is 5. The van der Waals surface area contributed by atoms with Gasteiger partial charge in [0.25, 0.3) is 0 Å². The van der Waals surface area contributed by atoms with E-state index in [9.17, 15) is 22.8 Å². The standard InChI is InChI=1S/C17H15ClF4N4O/c18-12-4-2-6-23-15(12)25-7-9-26(10-8-25)16(24-27)14-11(17(20,21)22)3-1-5-13(14)19/h1-6,27H,7-10H2. The van der Waals surface area contributed by atoms with Crippen LogP contribution >= 0.6 is 11.6 Å². The first-order chi connectivity index (χ1) is 12.8. The Kier molecular flexibility index (Phi) is 5.41. The first kappa shape index (κ1) is 19.2. The number of amidine groups is 1. The third-order valence-corrected chi connectivity index (χ3v) is 4.55. The van der Waals surface area contributed by atoms with Crippen molar-refractivity contribution in [3.05, 3.63) is 58.5 Å². The zero-order valence-electron chi connectivity index (χ0n) is 13.9. The number of anilines is 1. The van der Waals surface area contributed by atoms with Crippen LogP contribution in [0.5, 0.6) is 0 Å². The summed E-state index contributed by atoms with van der Waals surface area (Å²) < 4.78 is 54.0. The summed E-state index contributed by atoms with van der Waals surface area (Å²) >= 11 is 6.12. The number of hydrogen-bond acceptors (Lipinski definition) is 4. The average Bonchev–Trinajstić information content (AvgIpc) is 2.64. The summed E-state index contributed by atoms with van der Waals surface area (Å²) in [6.07, 6.45) is -3.19. The minimum Gasteiger partial charge on any atom is -0.409 e. The lowest BCUT2D eigenvalue weighted by atomic mass is 10.0. The van der Waals surface area contributed by atoms with Crippen molar-refractivity contribution in [2.24, 2.45) is 5.16 Å². The Bertz CT molecular complexity index is 851. The molecular formula is C17H15ClF4N4O. The normalized spacial score (nSPS) is 16.0. The van der Waals surface area contributed by atoms with Gasteiger partial charge in [-0.2, -0.15) is 13.2 Å². The molecule has 0 atom stereocenters. The van der Waals surface area contributed by atoms with Crippen molar-refractivity contribution in [3.8, 4) is 0 Å². The summed E-state index contributed by atoms with van der Waals surface area (Å²) in [4.78, 5) is 7.46. The Hall–Kier alpha value is -2.55. The number of rotatable bonds is 2. The number of benzene rings is 1. The van der Waals surface area contributed by atoms with Crippen molar-refractivity contribution in [2.45, 2.75) is 6.18 Å². The second kappa shape index (κ2) is 7.59. The molecule has 0 unspecified atom stereocenters. The van der Waals surface area contributed by atoms with Crippen LogP contribution in [0.15, 0.2) is 41.7 Å². The van der Waals surface area contributed by atoms with Crippen LogP contribution in [0.3, 0.4) is 0 Å². The summed E-state index contributed by atoms with van der Waals surface area (Å²) in [6.45, 7) is 1.15. The van der Waals surface area contributed by atoms with Crippen molar-refractivity contribution in [2.75, 3.05) is 31.1 Å². The maximum Gasteiger partial charge on any atom is 0.417 e. The SMILES string of the molecule is ON=C(c1c(F)cccc1C(F)(F)F)N1CCN(c2ncccc2Cl)CC1. The number of aromatic nitrogens is 1. The molecule has 0 saturated carbocycles. The molecule has 0 bridgehead atoms. The van der Waals surface area contributed by atoms with Gasteiger partial charge in [0.15, 0.2) is 5.84 Å². The zero-order valence-corrected chi connectivity index (χ0v) is 14.7. The van der Waals surface area contributed by atoms with Crippen LogP contribution in [0.25, 0.3) is 0 Å². The maximum atomic E-state index is 14.2. The first-order valence-corrected chi connectivity index (χ1v) is 8.39. The van der Waals surface area contributed by atoms with Gasteiger partial charge in [-0.1, -0.05) is 22.8 Å². The second-order valence-corrected chi connectivity index (χ2v) is 6.27. The molecule has 1 N–H and O–H groups in total. The van der Waals surface area contributed by atoms with Gasteiger partial charge in [0.05, 0.1) is 16.1 Å². The van der Waals surface area contributed by atoms with E-state index in [2.05, 4.69) is 10.1 Å². The third kappa shape index (κ3) is 3.92. The largest absolute Gasteiger partial charge is 0.417 e. The van der Waals surface area contributed by atoms with Gasteiger partial charge in [0.1, 0.15) is 11.6 Å². The van der Waals surface area contributed by atoms with E-state index in [1.165, 1.54) is 4.90 Å². The molecule has 10 heteroatoms. The van der Waals surface area contributed by atoms with Gasteiger partial charge < -0.3 is 15.0 Å². The number of hydrogen-bond donors (Lipinski definition) is 1. The first-order valence-electron chi connectivity index (χ1n) is 8.01. The highest BCUT2D eigenvalue weighted by atomic mass is 35.5. The van der Waals surface area contributed by atoms with Crippen LogP contribution in [0, 0.1) is 5.82 Å². The minimum atomic E-state index is -4.78. The van der Waals surface area contributed by atoms with Gasteiger partial charge >= 0.3 is 6.18 Å². The predicted molar refractivity (Wildman–Crippen MR) is 92.8 cm³/mol. The molecular weight excluding hydrogens is 388 g/mol. The fraction of sp³-hybridized carbons (Fsp3) is 0.294. The number of nitrogens with zero attached hydrogens (tertiary/aromatic N) is 4. The summed E-state index contributed by atoms with van der Waals surface area (Å²) in [7, 11) is 0. The highest BCUT2D eigenvalue weighted by Crippen LogP contribution is 2.34. The molecule has 3 rings (SSSR count). The lowest BCUT2D eigenvalue weighted by Crippen LogP contribution is -2.49. The molecule has 0 radical (unpaired) electrons. The van der Waals surface area contributed by atoms with E-state index < -0.39 is 29.0 Å². The molecule has 0 spiro atoms. The molecule has 1 aromatic heterocycles. The molecule has 2 aromatic rings. The van der Waals surface area contributed by atoms with Gasteiger partial charge in [0.2, 0.25) is 0 Å². The Morgan fingerprint density at radius 1 is 1.11 bits per heavy atom. The second-order valence-electron chi connectivity index (χ2n) is 5.87. The van der Waals surface area contributed by atoms with Crippen LogP contribution < -0.4 is 4.90 Å². The molecule has 1 aromatic carbocycles. The maximum absolute atomic E-state index is 14.2. The third-order valence-electron chi connectivity index (χ3n) is 4.26. The van der Waals surface area contributed by atoms with E-state index in [1.54, 1.807) is 18.3 Å². The molecule has 0 aliphatic carbocycles. The van der Waals surface area contributed by atoms with Crippen LogP contribution in [0.2, 0.25) is 5.02 Å². The van der Waals surface area contributed by atoms with E-state index in [1.807, 2.05) is 4.90 Å². The zero-order chi connectivity index (χ0) is 19.6. The highest BCUT2D eigenvalue weighted by Gasteiger charge is 2.38. The fourth-order valence-corrected chi connectivity index (χ4v) is 3.24. The van der Waals surface area contributed by atoms with Crippen LogP contribution in [-0.4, -0.2) is 47.1 Å². The van der Waals surface area contributed by atoms with E-state index in [0.717, 1.165) is 18.2 Å². The molecule has 27 heavy (non-hydrogen) atoms. The number of pyridine rings is 1. The molecule has 1 fully saturated rings. The molecule has 1 saturated heterocycles. The molecule has 5 nitrogen and oxygen atoms in total. The van der Waals surface area contributed by atoms with Crippen molar-refractivity contribution >= 4 is 23.3 Å². The van der Waals surface area contributed by atoms with Gasteiger partial charge in [0, 0.05) is 32.4 Å². The summed E-state index contributed by atoms with van der Waals surface area (Å²) in [5.41, 5.74) is -1.96. The fourth-order valence-electron chi connectivity index (χ4n) is 3.00. The molecule has 1 aliphatic rings. The van der Waals surface area contributed by atoms with Crippen molar-refractivity contribution in [1.82, 2.24) is 9.88 Å². The van der Waals surface area contributed by atoms with E-state index in [4.69, 9.17) is 11.6 Å². The lowest BCUT2D eigenvalue weighted by molar-refractivity contribution is -0.138. The van der Waals surface area contributed by atoms with Gasteiger partial charge in [-0.05, 0) is 24.3 Å². The topological polar surface area (TPSA) is 52.0 Å². The Balaban J connectivity index is 1.85. The Morgan fingerprint density at radius 3 is 2.41 bits per heavy atom. The van der Waals surface area contributed by atoms with Gasteiger partial charge in [-0.3, -0.25) is 0 Å². The van der Waals surface area contributed by atoms with Crippen molar-refractivity contribution < 1.29 is 22.8 Å². The smallest absolute Gasteiger partial charge is 0.409 e. The van der Waals surface area contributed by atoms with Crippen LogP contribution in [0.4, 0.5) is 23.4 Å². The van der Waals surface area contributed by atoms with E-state index in [-0.39, 0.29) is 13.1 Å². The summed E-state index contributed by atoms with van der Waals surface area (Å²) in [6, 6.07) is 6.01. The minimum absolute atomic E-state index is 0.206. The highest BCUT2D eigenvalue weighted by molar-refractivity contribution is 6.32. The number of alkyl halides is 3. The van der Waals surface area contributed by atoms with Gasteiger partial charge in [-0.15, -0.1) is 0 Å². The quantitative estimate of drug-likeness (QED) is 0.272.